The van der Waals surface area contributed by atoms with Gasteiger partial charge in [-0.1, -0.05) is 25.1 Å². The molecule has 0 bridgehead atoms. The molecule has 0 aromatic heterocycles. The van der Waals surface area contributed by atoms with Crippen molar-refractivity contribution in [2.45, 2.75) is 33.1 Å². The number of carbonyl (C=O) groups excluding carboxylic acids is 4. The zero-order valence-corrected chi connectivity index (χ0v) is 17.6. The van der Waals surface area contributed by atoms with E-state index in [1.807, 2.05) is 25.1 Å². The molecule has 0 spiro atoms. The van der Waals surface area contributed by atoms with Crippen molar-refractivity contribution in [3.63, 3.8) is 0 Å². The first-order valence-corrected chi connectivity index (χ1v) is 10.0. The van der Waals surface area contributed by atoms with Crippen LogP contribution in [0.1, 0.15) is 42.6 Å². The molecule has 0 saturated heterocycles. The Kier molecular flexibility index (Phi) is 9.22. The maximum absolute atomic E-state index is 12.0. The van der Waals surface area contributed by atoms with Gasteiger partial charge in [-0.15, -0.1) is 0 Å². The Labute approximate surface area is 180 Å². The minimum atomic E-state index is -0.647. The van der Waals surface area contributed by atoms with E-state index in [2.05, 4.69) is 10.6 Å². The number of nitrogens with one attached hydrogen (secondary N) is 2. The largest absolute Gasteiger partial charge is 0.462 e. The number of carbonyl (C=O) groups is 4. The van der Waals surface area contributed by atoms with Crippen LogP contribution < -0.4 is 10.6 Å². The van der Waals surface area contributed by atoms with Gasteiger partial charge in [0.05, 0.1) is 18.6 Å². The van der Waals surface area contributed by atoms with Crippen molar-refractivity contribution >= 4 is 35.1 Å². The minimum Gasteiger partial charge on any atom is -0.462 e. The number of benzene rings is 2. The molecule has 2 N–H and O–H groups in total. The smallest absolute Gasteiger partial charge is 0.338 e. The summed E-state index contributed by atoms with van der Waals surface area (Å²) >= 11 is 0. The van der Waals surface area contributed by atoms with Gasteiger partial charge in [0, 0.05) is 17.8 Å². The summed E-state index contributed by atoms with van der Waals surface area (Å²) in [5.41, 5.74) is 2.53. The first-order chi connectivity index (χ1) is 14.9. The molecule has 8 nitrogen and oxygen atoms in total. The number of amides is 2. The van der Waals surface area contributed by atoms with E-state index in [0.717, 1.165) is 12.0 Å². The molecule has 31 heavy (non-hydrogen) atoms. The maximum atomic E-state index is 12.0. The topological polar surface area (TPSA) is 111 Å². The van der Waals surface area contributed by atoms with E-state index in [1.54, 1.807) is 25.1 Å². The van der Waals surface area contributed by atoms with Crippen molar-refractivity contribution in [2.75, 3.05) is 23.8 Å². The van der Waals surface area contributed by atoms with Crippen molar-refractivity contribution in [1.82, 2.24) is 0 Å². The zero-order valence-electron chi connectivity index (χ0n) is 17.6. The van der Waals surface area contributed by atoms with E-state index >= 15 is 0 Å². The molecule has 164 valence electrons. The van der Waals surface area contributed by atoms with Gasteiger partial charge in [-0.3, -0.25) is 14.4 Å². The summed E-state index contributed by atoms with van der Waals surface area (Å²) in [5, 5.41) is 5.33. The second kappa shape index (κ2) is 12.1. The van der Waals surface area contributed by atoms with Crippen molar-refractivity contribution < 1.29 is 28.7 Å². The standard InChI is InChI=1S/C23H26N2O6/c1-3-16-7-5-6-8-19(16)25-21(27)15-31-22(28)14-13-20(26)24-18-11-9-17(10-12-18)23(29)30-4-2/h5-12H,3-4,13-15H2,1-2H3,(H,24,26)(H,25,27). The number of para-hydroxylation sites is 1. The molecule has 2 aromatic carbocycles. The first-order valence-electron chi connectivity index (χ1n) is 10.0. The summed E-state index contributed by atoms with van der Waals surface area (Å²) in [6.45, 7) is 3.55. The molecule has 0 atom stereocenters. The van der Waals surface area contributed by atoms with Gasteiger partial charge in [0.15, 0.2) is 6.61 Å². The average Bonchev–Trinajstić information content (AvgIpc) is 2.77. The van der Waals surface area contributed by atoms with E-state index < -0.39 is 24.5 Å². The van der Waals surface area contributed by atoms with Crippen LogP contribution in [-0.4, -0.2) is 37.0 Å². The Morgan fingerprint density at radius 3 is 2.19 bits per heavy atom. The fourth-order valence-electron chi connectivity index (χ4n) is 2.70. The van der Waals surface area contributed by atoms with Gasteiger partial charge in [0.25, 0.3) is 5.91 Å². The zero-order chi connectivity index (χ0) is 22.6. The Hall–Kier alpha value is -3.68. The van der Waals surface area contributed by atoms with Crippen molar-refractivity contribution in [3.8, 4) is 0 Å². The highest BCUT2D eigenvalue weighted by molar-refractivity contribution is 5.95. The quantitative estimate of drug-likeness (QED) is 0.564. The molecule has 0 aliphatic carbocycles. The van der Waals surface area contributed by atoms with Crippen LogP contribution >= 0.6 is 0 Å². The van der Waals surface area contributed by atoms with Crippen LogP contribution in [0, 0.1) is 0 Å². The fraction of sp³-hybridized carbons (Fsp3) is 0.304. The summed E-state index contributed by atoms with van der Waals surface area (Å²) < 4.78 is 9.82. The van der Waals surface area contributed by atoms with Crippen molar-refractivity contribution in [1.29, 1.82) is 0 Å². The third-order valence-electron chi connectivity index (χ3n) is 4.27. The normalized spacial score (nSPS) is 10.1. The Morgan fingerprint density at radius 1 is 0.806 bits per heavy atom. The van der Waals surface area contributed by atoms with Crippen molar-refractivity contribution in [3.05, 3.63) is 59.7 Å². The fourth-order valence-corrected chi connectivity index (χ4v) is 2.70. The third-order valence-corrected chi connectivity index (χ3v) is 4.27. The SMILES string of the molecule is CCOC(=O)c1ccc(NC(=O)CCC(=O)OCC(=O)Nc2ccccc2CC)cc1. The Balaban J connectivity index is 1.71. The second-order valence-electron chi connectivity index (χ2n) is 6.57. The predicted molar refractivity (Wildman–Crippen MR) is 116 cm³/mol. The number of rotatable bonds is 10. The van der Waals surface area contributed by atoms with Gasteiger partial charge >= 0.3 is 11.9 Å². The van der Waals surface area contributed by atoms with Crippen LogP contribution in [0.5, 0.6) is 0 Å². The lowest BCUT2D eigenvalue weighted by Gasteiger charge is -2.10. The molecular weight excluding hydrogens is 400 g/mol. The number of aryl methyl sites for hydroxylation is 1. The molecule has 0 aliphatic heterocycles. The molecule has 0 radical (unpaired) electrons. The monoisotopic (exact) mass is 426 g/mol. The highest BCUT2D eigenvalue weighted by Gasteiger charge is 2.12. The molecule has 2 rings (SSSR count). The molecule has 0 saturated carbocycles. The summed E-state index contributed by atoms with van der Waals surface area (Å²) in [6, 6.07) is 13.6. The van der Waals surface area contributed by atoms with E-state index in [-0.39, 0.29) is 25.4 Å². The van der Waals surface area contributed by atoms with Gasteiger partial charge in [0.1, 0.15) is 0 Å². The molecular formula is C23H26N2O6. The van der Waals surface area contributed by atoms with Gasteiger partial charge in [0.2, 0.25) is 5.91 Å². The predicted octanol–water partition coefficient (Wildman–Crippen LogP) is 3.33. The molecule has 0 aliphatic rings. The van der Waals surface area contributed by atoms with E-state index in [1.165, 1.54) is 12.1 Å². The van der Waals surface area contributed by atoms with E-state index in [9.17, 15) is 19.2 Å². The molecule has 0 unspecified atom stereocenters. The van der Waals surface area contributed by atoms with Gasteiger partial charge in [-0.25, -0.2) is 4.79 Å². The lowest BCUT2D eigenvalue weighted by molar-refractivity contribution is -0.147. The summed E-state index contributed by atoms with van der Waals surface area (Å²) in [4.78, 5) is 47.4. The van der Waals surface area contributed by atoms with Crippen LogP contribution in [0.4, 0.5) is 11.4 Å². The highest BCUT2D eigenvalue weighted by atomic mass is 16.5. The summed E-state index contributed by atoms with van der Waals surface area (Å²) in [7, 11) is 0. The van der Waals surface area contributed by atoms with E-state index in [4.69, 9.17) is 9.47 Å². The Bertz CT molecular complexity index is 924. The van der Waals surface area contributed by atoms with Gasteiger partial charge in [-0.05, 0) is 49.2 Å². The molecule has 2 amide bonds. The number of hydrogen-bond acceptors (Lipinski definition) is 6. The van der Waals surface area contributed by atoms with Crippen LogP contribution in [0.25, 0.3) is 0 Å². The number of hydrogen-bond donors (Lipinski definition) is 2. The van der Waals surface area contributed by atoms with Crippen molar-refractivity contribution in [2.24, 2.45) is 0 Å². The second-order valence-corrected chi connectivity index (χ2v) is 6.57. The molecule has 2 aromatic rings. The molecule has 0 heterocycles. The minimum absolute atomic E-state index is 0.0985. The Morgan fingerprint density at radius 2 is 1.52 bits per heavy atom. The van der Waals surface area contributed by atoms with Gasteiger partial charge in [-0.2, -0.15) is 0 Å². The number of ether oxygens (including phenoxy) is 2. The van der Waals surface area contributed by atoms with Crippen LogP contribution in [0.2, 0.25) is 0 Å². The van der Waals surface area contributed by atoms with Crippen LogP contribution in [0.15, 0.2) is 48.5 Å². The van der Waals surface area contributed by atoms with Crippen LogP contribution in [-0.2, 0) is 30.3 Å². The van der Waals surface area contributed by atoms with Crippen LogP contribution in [0.3, 0.4) is 0 Å². The lowest BCUT2D eigenvalue weighted by Crippen LogP contribution is -2.22. The maximum Gasteiger partial charge on any atom is 0.338 e. The summed E-state index contributed by atoms with van der Waals surface area (Å²) in [6.07, 6.45) is 0.501. The summed E-state index contributed by atoms with van der Waals surface area (Å²) in [5.74, 6) is -1.92. The van der Waals surface area contributed by atoms with Gasteiger partial charge < -0.3 is 20.1 Å². The number of anilines is 2. The molecule has 8 heteroatoms. The first kappa shape index (κ1) is 23.6. The average molecular weight is 426 g/mol. The highest BCUT2D eigenvalue weighted by Crippen LogP contribution is 2.15. The number of esters is 2. The van der Waals surface area contributed by atoms with E-state index in [0.29, 0.717) is 16.9 Å². The lowest BCUT2D eigenvalue weighted by atomic mass is 10.1. The third kappa shape index (κ3) is 7.93. The molecule has 0 fully saturated rings.